The van der Waals surface area contributed by atoms with Crippen LogP contribution in [0.2, 0.25) is 0 Å². The zero-order valence-electron chi connectivity index (χ0n) is 24.8. The highest BCUT2D eigenvalue weighted by atomic mass is 16.6. The van der Waals surface area contributed by atoms with Gasteiger partial charge in [-0.25, -0.2) is 4.79 Å². The highest BCUT2D eigenvalue weighted by Crippen LogP contribution is 2.58. The number of ether oxygens (including phenoxy) is 5. The number of fused-ring (bicyclic) bond motifs is 2. The standard InChI is InChI=1S/C32H43NO8/c1-19(37-18-20(2)38-29(36)21-9-7-6-8-10-21)17-33-27(34)22-15-26-32(41-26,16-23(22)28(33)35)14-12-25-31(5,40-25)13-11-24-30(3,4)39-24/h6-10,19-20,22-26H,11-18H2,1-5H3. The smallest absolute Gasteiger partial charge is 0.338 e. The van der Waals surface area contributed by atoms with Gasteiger partial charge in [0.1, 0.15) is 6.10 Å². The normalized spacial score (nSPS) is 37.7. The van der Waals surface area contributed by atoms with Crippen LogP contribution in [0, 0.1) is 11.8 Å². The van der Waals surface area contributed by atoms with E-state index < -0.39 is 12.1 Å². The molecule has 9 heteroatoms. The van der Waals surface area contributed by atoms with Gasteiger partial charge in [0.05, 0.1) is 71.8 Å². The number of carbonyl (C=O) groups excluding carboxylic acids is 3. The van der Waals surface area contributed by atoms with E-state index in [1.165, 1.54) is 4.90 Å². The molecule has 9 unspecified atom stereocenters. The van der Waals surface area contributed by atoms with Crippen LogP contribution in [0.15, 0.2) is 30.3 Å². The number of epoxide rings is 3. The van der Waals surface area contributed by atoms with E-state index in [-0.39, 0.29) is 71.9 Å². The van der Waals surface area contributed by atoms with Crippen molar-refractivity contribution >= 4 is 17.8 Å². The second-order valence-corrected chi connectivity index (χ2v) is 13.5. The quantitative estimate of drug-likeness (QED) is 0.199. The van der Waals surface area contributed by atoms with Crippen LogP contribution in [0.25, 0.3) is 0 Å². The van der Waals surface area contributed by atoms with Crippen LogP contribution in [0.3, 0.4) is 0 Å². The van der Waals surface area contributed by atoms with Gasteiger partial charge in [0.15, 0.2) is 0 Å². The Morgan fingerprint density at radius 2 is 1.63 bits per heavy atom. The fourth-order valence-corrected chi connectivity index (χ4v) is 7.02. The van der Waals surface area contributed by atoms with Crippen LogP contribution in [-0.4, -0.2) is 83.2 Å². The van der Waals surface area contributed by atoms with E-state index in [0.29, 0.717) is 24.5 Å². The molecule has 1 aromatic rings. The van der Waals surface area contributed by atoms with E-state index >= 15 is 0 Å². The maximum absolute atomic E-state index is 13.4. The third-order valence-corrected chi connectivity index (χ3v) is 9.90. The summed E-state index contributed by atoms with van der Waals surface area (Å²) in [5.41, 5.74) is 0.0899. The molecule has 41 heavy (non-hydrogen) atoms. The Kier molecular flexibility index (Phi) is 7.32. The second-order valence-electron chi connectivity index (χ2n) is 13.5. The Morgan fingerprint density at radius 1 is 0.951 bits per heavy atom. The Hall–Kier alpha value is -2.33. The second kappa shape index (κ2) is 10.4. The Morgan fingerprint density at radius 3 is 2.34 bits per heavy atom. The van der Waals surface area contributed by atoms with Gasteiger partial charge in [-0.15, -0.1) is 0 Å². The summed E-state index contributed by atoms with van der Waals surface area (Å²) in [6.07, 6.45) is 4.71. The molecule has 9 nitrogen and oxygen atoms in total. The lowest BCUT2D eigenvalue weighted by Crippen LogP contribution is -2.38. The van der Waals surface area contributed by atoms with Gasteiger partial charge in [-0.05, 0) is 85.3 Å². The summed E-state index contributed by atoms with van der Waals surface area (Å²) >= 11 is 0. The summed E-state index contributed by atoms with van der Waals surface area (Å²) in [6, 6.07) is 8.80. The molecule has 224 valence electrons. The summed E-state index contributed by atoms with van der Waals surface area (Å²) in [5, 5.41) is 0. The van der Waals surface area contributed by atoms with Crippen LogP contribution >= 0.6 is 0 Å². The van der Waals surface area contributed by atoms with Crippen molar-refractivity contribution in [1.29, 1.82) is 0 Å². The fourth-order valence-electron chi connectivity index (χ4n) is 7.02. The highest BCUT2D eigenvalue weighted by molar-refractivity contribution is 6.05. The van der Waals surface area contributed by atoms with Gasteiger partial charge in [-0.1, -0.05) is 18.2 Å². The van der Waals surface area contributed by atoms with Crippen molar-refractivity contribution in [3.63, 3.8) is 0 Å². The number of nitrogens with zero attached hydrogens (tertiary/aromatic N) is 1. The molecule has 2 amide bonds. The molecule has 6 rings (SSSR count). The molecule has 4 heterocycles. The number of likely N-dealkylation sites (tertiary alicyclic amines) is 1. The Balaban J connectivity index is 0.946. The molecule has 0 spiro atoms. The Labute approximate surface area is 242 Å². The molecule has 4 saturated heterocycles. The van der Waals surface area contributed by atoms with Gasteiger partial charge in [-0.3, -0.25) is 14.5 Å². The molecule has 1 saturated carbocycles. The summed E-state index contributed by atoms with van der Waals surface area (Å²) < 4.78 is 29.3. The number of rotatable bonds is 13. The van der Waals surface area contributed by atoms with E-state index in [1.54, 1.807) is 31.2 Å². The SMILES string of the molecule is CC(CN1C(=O)C2CC3OC3(CCC3OC3(C)CCC3OC3(C)C)CC2C1=O)OCC(C)OC(=O)c1ccccc1. The first-order valence-corrected chi connectivity index (χ1v) is 15.2. The predicted molar refractivity (Wildman–Crippen MR) is 148 cm³/mol. The van der Waals surface area contributed by atoms with E-state index in [0.717, 1.165) is 25.7 Å². The third-order valence-electron chi connectivity index (χ3n) is 9.90. The molecular formula is C32H43NO8. The number of benzene rings is 1. The van der Waals surface area contributed by atoms with Crippen molar-refractivity contribution in [2.24, 2.45) is 11.8 Å². The van der Waals surface area contributed by atoms with Crippen LogP contribution < -0.4 is 0 Å². The highest BCUT2D eigenvalue weighted by Gasteiger charge is 2.67. The van der Waals surface area contributed by atoms with Crippen molar-refractivity contribution in [1.82, 2.24) is 4.90 Å². The molecule has 1 aromatic carbocycles. The van der Waals surface area contributed by atoms with E-state index in [9.17, 15) is 14.4 Å². The number of amides is 2. The lowest BCUT2D eigenvalue weighted by atomic mass is 9.73. The first kappa shape index (κ1) is 28.8. The van der Waals surface area contributed by atoms with Crippen molar-refractivity contribution in [2.45, 2.75) is 120 Å². The lowest BCUT2D eigenvalue weighted by Gasteiger charge is -2.24. The molecule has 0 radical (unpaired) electrons. The first-order chi connectivity index (χ1) is 19.4. The van der Waals surface area contributed by atoms with Crippen LogP contribution in [0.4, 0.5) is 0 Å². The van der Waals surface area contributed by atoms with Crippen molar-refractivity contribution in [3.8, 4) is 0 Å². The molecule has 0 bridgehead atoms. The summed E-state index contributed by atoms with van der Waals surface area (Å²) in [4.78, 5) is 40.2. The third kappa shape index (κ3) is 5.83. The van der Waals surface area contributed by atoms with Crippen LogP contribution in [0.5, 0.6) is 0 Å². The van der Waals surface area contributed by atoms with Gasteiger partial charge in [0.25, 0.3) is 0 Å². The molecule has 9 atom stereocenters. The maximum Gasteiger partial charge on any atom is 0.338 e. The van der Waals surface area contributed by atoms with E-state index in [2.05, 4.69) is 20.8 Å². The molecule has 5 fully saturated rings. The van der Waals surface area contributed by atoms with Crippen LogP contribution in [0.1, 0.15) is 83.5 Å². The number of imide groups is 1. The monoisotopic (exact) mass is 569 g/mol. The van der Waals surface area contributed by atoms with Crippen molar-refractivity contribution in [2.75, 3.05) is 13.2 Å². The minimum Gasteiger partial charge on any atom is -0.457 e. The zero-order valence-corrected chi connectivity index (χ0v) is 24.8. The largest absolute Gasteiger partial charge is 0.457 e. The minimum absolute atomic E-state index is 0.00622. The van der Waals surface area contributed by atoms with Gasteiger partial charge >= 0.3 is 5.97 Å². The minimum atomic E-state index is -0.465. The average Bonchev–Trinajstić information content (AvgIpc) is 3.88. The Bertz CT molecular complexity index is 1190. The molecule has 0 N–H and O–H groups in total. The van der Waals surface area contributed by atoms with Crippen molar-refractivity contribution in [3.05, 3.63) is 35.9 Å². The zero-order chi connectivity index (χ0) is 29.2. The first-order valence-electron chi connectivity index (χ1n) is 15.2. The fraction of sp³-hybridized carbons (Fsp3) is 0.719. The average molecular weight is 570 g/mol. The molecule has 5 aliphatic rings. The topological polar surface area (TPSA) is 110 Å². The van der Waals surface area contributed by atoms with Crippen LogP contribution in [-0.2, 0) is 33.3 Å². The molecule has 0 aromatic heterocycles. The predicted octanol–water partition coefficient (Wildman–Crippen LogP) is 4.06. The maximum atomic E-state index is 13.4. The van der Waals surface area contributed by atoms with E-state index in [4.69, 9.17) is 23.7 Å². The number of hydrogen-bond acceptors (Lipinski definition) is 8. The molecule has 1 aliphatic carbocycles. The number of carbonyl (C=O) groups is 3. The lowest BCUT2D eigenvalue weighted by molar-refractivity contribution is -0.142. The summed E-state index contributed by atoms with van der Waals surface area (Å²) in [5.74, 6) is -1.29. The van der Waals surface area contributed by atoms with Gasteiger partial charge in [0.2, 0.25) is 11.8 Å². The number of esters is 1. The van der Waals surface area contributed by atoms with Gasteiger partial charge in [0, 0.05) is 0 Å². The molecular weight excluding hydrogens is 526 g/mol. The summed E-state index contributed by atoms with van der Waals surface area (Å²) in [7, 11) is 0. The van der Waals surface area contributed by atoms with Gasteiger partial charge in [-0.2, -0.15) is 0 Å². The molecule has 4 aliphatic heterocycles. The van der Waals surface area contributed by atoms with Crippen molar-refractivity contribution < 1.29 is 38.1 Å². The van der Waals surface area contributed by atoms with E-state index in [1.807, 2.05) is 13.0 Å². The number of hydrogen-bond donors (Lipinski definition) is 0. The van der Waals surface area contributed by atoms with Gasteiger partial charge < -0.3 is 23.7 Å². The summed E-state index contributed by atoms with van der Waals surface area (Å²) in [6.45, 7) is 10.4.